The molecule has 1 heteroatoms. The fourth-order valence-corrected chi connectivity index (χ4v) is 3.36. The highest BCUT2D eigenvalue weighted by molar-refractivity contribution is 8.03. The molecule has 0 amide bonds. The molecule has 2 atom stereocenters. The van der Waals surface area contributed by atoms with Crippen molar-refractivity contribution in [3.63, 3.8) is 0 Å². The molecule has 0 saturated heterocycles. The predicted octanol–water partition coefficient (Wildman–Crippen LogP) is 4.18. The monoisotopic (exact) mass is 214 g/mol. The Morgan fingerprint density at radius 2 is 1.93 bits per heavy atom. The van der Waals surface area contributed by atoms with Crippen LogP contribution >= 0.6 is 11.8 Å². The maximum absolute atomic E-state index is 2.43. The largest absolute Gasteiger partial charge is 0.0942 e. The topological polar surface area (TPSA) is 0 Å². The van der Waals surface area contributed by atoms with E-state index in [-0.39, 0.29) is 0 Å². The lowest BCUT2D eigenvalue weighted by atomic mass is 10.2. The van der Waals surface area contributed by atoms with Gasteiger partial charge >= 0.3 is 0 Å². The number of hydrogen-bond acceptors (Lipinski definition) is 1. The van der Waals surface area contributed by atoms with Gasteiger partial charge in [-0.05, 0) is 36.3 Å². The standard InChI is InChI=1S/C14H14S/c1-10-2-6-13(7-3-10)15-14-9-11-4-5-12(14)8-11/h2-7,9,11-12H,8H2,1H3. The molecule has 2 bridgehead atoms. The average molecular weight is 214 g/mol. The first-order valence-electron chi connectivity index (χ1n) is 5.46. The Morgan fingerprint density at radius 1 is 1.13 bits per heavy atom. The fraction of sp³-hybridized carbons (Fsp3) is 0.286. The molecular formula is C14H14S. The molecule has 0 radical (unpaired) electrons. The number of aryl methyl sites for hydroxylation is 1. The van der Waals surface area contributed by atoms with Gasteiger partial charge in [-0.15, -0.1) is 0 Å². The van der Waals surface area contributed by atoms with Crippen LogP contribution in [0.3, 0.4) is 0 Å². The Balaban J connectivity index is 1.77. The van der Waals surface area contributed by atoms with E-state index in [1.165, 1.54) is 16.9 Å². The van der Waals surface area contributed by atoms with E-state index in [0.29, 0.717) is 5.92 Å². The van der Waals surface area contributed by atoms with Gasteiger partial charge in [0.1, 0.15) is 0 Å². The Labute approximate surface area is 95.1 Å². The summed E-state index contributed by atoms with van der Waals surface area (Å²) in [4.78, 5) is 2.92. The van der Waals surface area contributed by atoms with Gasteiger partial charge < -0.3 is 0 Å². The van der Waals surface area contributed by atoms with Gasteiger partial charge in [-0.25, -0.2) is 0 Å². The van der Waals surface area contributed by atoms with Crippen molar-refractivity contribution in [2.24, 2.45) is 11.8 Å². The SMILES string of the molecule is Cc1ccc(SC2=CC3C=CC2C3)cc1. The smallest absolute Gasteiger partial charge is 0.0119 e. The summed E-state index contributed by atoms with van der Waals surface area (Å²) in [7, 11) is 0. The number of thioether (sulfide) groups is 1. The molecule has 0 saturated carbocycles. The minimum Gasteiger partial charge on any atom is -0.0942 e. The molecule has 1 aromatic rings. The molecule has 0 N–H and O–H groups in total. The van der Waals surface area contributed by atoms with E-state index in [2.05, 4.69) is 49.4 Å². The van der Waals surface area contributed by atoms with Gasteiger partial charge in [0.25, 0.3) is 0 Å². The molecule has 76 valence electrons. The molecule has 0 nitrogen and oxygen atoms in total. The van der Waals surface area contributed by atoms with Gasteiger partial charge in [-0.2, -0.15) is 0 Å². The van der Waals surface area contributed by atoms with E-state index >= 15 is 0 Å². The summed E-state index contributed by atoms with van der Waals surface area (Å²) < 4.78 is 0. The molecule has 0 aromatic heterocycles. The van der Waals surface area contributed by atoms with Crippen molar-refractivity contribution in [2.45, 2.75) is 18.2 Å². The molecule has 0 fully saturated rings. The van der Waals surface area contributed by atoms with Gasteiger partial charge in [0.2, 0.25) is 0 Å². The van der Waals surface area contributed by atoms with Crippen LogP contribution in [0.5, 0.6) is 0 Å². The van der Waals surface area contributed by atoms with Crippen LogP contribution in [0.2, 0.25) is 0 Å². The summed E-state index contributed by atoms with van der Waals surface area (Å²) in [5.74, 6) is 1.43. The molecule has 3 rings (SSSR count). The minimum atomic E-state index is 0.710. The van der Waals surface area contributed by atoms with Gasteiger partial charge in [0.05, 0.1) is 0 Å². The zero-order valence-corrected chi connectivity index (χ0v) is 9.63. The maximum Gasteiger partial charge on any atom is 0.0119 e. The second-order valence-electron chi connectivity index (χ2n) is 4.38. The van der Waals surface area contributed by atoms with E-state index in [0.717, 1.165) is 5.92 Å². The minimum absolute atomic E-state index is 0.710. The van der Waals surface area contributed by atoms with Crippen molar-refractivity contribution in [3.05, 3.63) is 53.0 Å². The lowest BCUT2D eigenvalue weighted by molar-refractivity contribution is 0.728. The summed E-state index contributed by atoms with van der Waals surface area (Å²) >= 11 is 1.93. The van der Waals surface area contributed by atoms with Gasteiger partial charge in [-0.1, -0.05) is 47.7 Å². The first kappa shape index (κ1) is 9.29. The Bertz CT molecular complexity index is 425. The molecule has 2 aliphatic rings. The van der Waals surface area contributed by atoms with Crippen molar-refractivity contribution in [1.82, 2.24) is 0 Å². The van der Waals surface area contributed by atoms with Gasteiger partial charge in [0, 0.05) is 10.8 Å². The van der Waals surface area contributed by atoms with Crippen molar-refractivity contribution < 1.29 is 0 Å². The van der Waals surface area contributed by atoms with Crippen molar-refractivity contribution in [3.8, 4) is 0 Å². The summed E-state index contributed by atoms with van der Waals surface area (Å²) in [6.07, 6.45) is 8.44. The Hall–Kier alpha value is -0.950. The van der Waals surface area contributed by atoms with Crippen LogP contribution in [0, 0.1) is 18.8 Å². The second-order valence-corrected chi connectivity index (χ2v) is 5.52. The molecule has 2 unspecified atom stereocenters. The first-order valence-corrected chi connectivity index (χ1v) is 6.27. The van der Waals surface area contributed by atoms with E-state index in [1.807, 2.05) is 11.8 Å². The quantitative estimate of drug-likeness (QED) is 0.666. The molecule has 15 heavy (non-hydrogen) atoms. The number of hydrogen-bond donors (Lipinski definition) is 0. The summed E-state index contributed by atoms with van der Waals surface area (Å²) in [6, 6.07) is 8.81. The highest BCUT2D eigenvalue weighted by Gasteiger charge is 2.28. The molecule has 0 aliphatic heterocycles. The Kier molecular flexibility index (Phi) is 2.21. The van der Waals surface area contributed by atoms with Crippen molar-refractivity contribution >= 4 is 11.8 Å². The predicted molar refractivity (Wildman–Crippen MR) is 65.9 cm³/mol. The highest BCUT2D eigenvalue weighted by atomic mass is 32.2. The van der Waals surface area contributed by atoms with Crippen LogP contribution in [0.25, 0.3) is 0 Å². The van der Waals surface area contributed by atoms with Gasteiger partial charge in [-0.3, -0.25) is 0 Å². The van der Waals surface area contributed by atoms with E-state index in [1.54, 1.807) is 4.91 Å². The average Bonchev–Trinajstić information content (AvgIpc) is 2.83. The number of rotatable bonds is 2. The number of allylic oxidation sites excluding steroid dienone is 4. The van der Waals surface area contributed by atoms with Crippen molar-refractivity contribution in [1.29, 1.82) is 0 Å². The first-order chi connectivity index (χ1) is 7.31. The third-order valence-corrected chi connectivity index (χ3v) is 4.30. The molecule has 2 aliphatic carbocycles. The molecule has 0 spiro atoms. The normalized spacial score (nSPS) is 27.1. The van der Waals surface area contributed by atoms with E-state index < -0.39 is 0 Å². The fourth-order valence-electron chi connectivity index (χ4n) is 2.25. The maximum atomic E-state index is 2.43. The molecular weight excluding hydrogens is 200 g/mol. The third kappa shape index (κ3) is 1.76. The van der Waals surface area contributed by atoms with Crippen LogP contribution in [0.1, 0.15) is 12.0 Å². The Morgan fingerprint density at radius 3 is 2.53 bits per heavy atom. The van der Waals surface area contributed by atoms with Crippen LogP contribution in [-0.4, -0.2) is 0 Å². The second kappa shape index (κ2) is 3.57. The van der Waals surface area contributed by atoms with Crippen LogP contribution in [0.4, 0.5) is 0 Å². The lowest BCUT2D eigenvalue weighted by Gasteiger charge is -2.09. The summed E-state index contributed by atoms with van der Waals surface area (Å²) in [6.45, 7) is 2.13. The number of fused-ring (bicyclic) bond motifs is 2. The lowest BCUT2D eigenvalue weighted by Crippen LogP contribution is -1.88. The van der Waals surface area contributed by atoms with E-state index in [9.17, 15) is 0 Å². The molecule has 0 heterocycles. The van der Waals surface area contributed by atoms with Crippen LogP contribution < -0.4 is 0 Å². The zero-order chi connectivity index (χ0) is 10.3. The zero-order valence-electron chi connectivity index (χ0n) is 8.81. The van der Waals surface area contributed by atoms with Crippen molar-refractivity contribution in [2.75, 3.05) is 0 Å². The molecule has 1 aromatic carbocycles. The third-order valence-electron chi connectivity index (χ3n) is 3.12. The number of benzene rings is 1. The van der Waals surface area contributed by atoms with Crippen LogP contribution in [0.15, 0.2) is 52.3 Å². The van der Waals surface area contributed by atoms with Crippen LogP contribution in [-0.2, 0) is 0 Å². The summed E-state index contributed by atoms with van der Waals surface area (Å²) in [5, 5.41) is 0. The van der Waals surface area contributed by atoms with E-state index in [4.69, 9.17) is 0 Å². The van der Waals surface area contributed by atoms with Gasteiger partial charge in [0.15, 0.2) is 0 Å². The highest BCUT2D eigenvalue weighted by Crippen LogP contribution is 2.45. The summed E-state index contributed by atoms with van der Waals surface area (Å²) in [5.41, 5.74) is 1.33.